The summed E-state index contributed by atoms with van der Waals surface area (Å²) < 4.78 is 0. The maximum atomic E-state index is 8.64. The average Bonchev–Trinajstić information content (AvgIpc) is 2.00. The Morgan fingerprint density at radius 1 is 1.50 bits per heavy atom. The molecule has 7 nitrogen and oxygen atoms in total. The van der Waals surface area contributed by atoms with E-state index in [-0.39, 0.29) is 18.5 Å². The molecule has 0 aromatic rings. The lowest BCUT2D eigenvalue weighted by Crippen LogP contribution is -2.52. The van der Waals surface area contributed by atoms with Crippen LogP contribution in [0.3, 0.4) is 0 Å². The molecule has 0 fully saturated rings. The van der Waals surface area contributed by atoms with Crippen LogP contribution in [0, 0.1) is 0 Å². The van der Waals surface area contributed by atoms with Crippen molar-refractivity contribution in [3.8, 4) is 0 Å². The Morgan fingerprint density at radius 3 is 2.75 bits per heavy atom. The minimum absolute atomic E-state index is 0.0254. The molecule has 1 heterocycles. The Kier molecular flexibility index (Phi) is 2.46. The molecule has 12 heavy (non-hydrogen) atoms. The SMILES string of the molecule is NC1=NC(CCO)N(N)C(N)=N1. The van der Waals surface area contributed by atoms with Gasteiger partial charge in [0.15, 0.2) is 0 Å². The van der Waals surface area contributed by atoms with Crippen LogP contribution in [-0.2, 0) is 0 Å². The van der Waals surface area contributed by atoms with Crippen molar-refractivity contribution in [1.82, 2.24) is 5.01 Å². The van der Waals surface area contributed by atoms with E-state index in [0.29, 0.717) is 6.42 Å². The number of hydrogen-bond donors (Lipinski definition) is 4. The second-order valence-corrected chi connectivity index (χ2v) is 2.36. The van der Waals surface area contributed by atoms with E-state index >= 15 is 0 Å². The molecule has 1 atom stereocenters. The normalized spacial score (nSPS) is 23.5. The van der Waals surface area contributed by atoms with Crippen molar-refractivity contribution in [2.75, 3.05) is 6.61 Å². The fourth-order valence-corrected chi connectivity index (χ4v) is 0.891. The smallest absolute Gasteiger partial charge is 0.220 e. The van der Waals surface area contributed by atoms with Gasteiger partial charge in [0.1, 0.15) is 6.17 Å². The number of aliphatic hydroxyl groups excluding tert-OH is 1. The van der Waals surface area contributed by atoms with Crippen LogP contribution in [0.4, 0.5) is 0 Å². The maximum Gasteiger partial charge on any atom is 0.220 e. The molecule has 7 N–H and O–H groups in total. The first-order valence-corrected chi connectivity index (χ1v) is 3.47. The van der Waals surface area contributed by atoms with Crippen molar-refractivity contribution in [2.45, 2.75) is 12.6 Å². The van der Waals surface area contributed by atoms with Gasteiger partial charge in [-0.3, -0.25) is 5.01 Å². The van der Waals surface area contributed by atoms with Crippen LogP contribution in [0.5, 0.6) is 0 Å². The number of aliphatic hydroxyl groups is 1. The molecule has 0 aromatic carbocycles. The van der Waals surface area contributed by atoms with Gasteiger partial charge in [0.2, 0.25) is 11.9 Å². The number of nitrogens with two attached hydrogens (primary N) is 3. The predicted molar refractivity (Wildman–Crippen MR) is 44.8 cm³/mol. The van der Waals surface area contributed by atoms with Crippen molar-refractivity contribution < 1.29 is 5.11 Å². The average molecular weight is 172 g/mol. The summed E-state index contributed by atoms with van der Waals surface area (Å²) in [6.07, 6.45) is -0.0274. The number of guanidine groups is 2. The number of rotatable bonds is 2. The third-order valence-electron chi connectivity index (χ3n) is 1.48. The second kappa shape index (κ2) is 3.37. The molecule has 1 rings (SSSR count). The number of aliphatic imine (C=N–C) groups is 2. The van der Waals surface area contributed by atoms with E-state index in [2.05, 4.69) is 9.98 Å². The van der Waals surface area contributed by atoms with Crippen LogP contribution < -0.4 is 17.3 Å². The highest BCUT2D eigenvalue weighted by Gasteiger charge is 2.20. The summed E-state index contributed by atoms with van der Waals surface area (Å²) in [6.45, 7) is -0.0254. The zero-order valence-electron chi connectivity index (χ0n) is 6.51. The second-order valence-electron chi connectivity index (χ2n) is 2.36. The fraction of sp³-hybridized carbons (Fsp3) is 0.600. The lowest BCUT2D eigenvalue weighted by molar-refractivity contribution is 0.222. The van der Waals surface area contributed by atoms with Gasteiger partial charge in [-0.25, -0.2) is 10.8 Å². The molecular formula is C5H12N6O. The maximum absolute atomic E-state index is 8.64. The Morgan fingerprint density at radius 2 is 2.17 bits per heavy atom. The summed E-state index contributed by atoms with van der Waals surface area (Å²) in [5.74, 6) is 5.68. The Balaban J connectivity index is 2.72. The molecule has 0 aliphatic carbocycles. The van der Waals surface area contributed by atoms with Crippen LogP contribution in [0.25, 0.3) is 0 Å². The zero-order valence-corrected chi connectivity index (χ0v) is 6.51. The standard InChI is InChI=1S/C5H12N6O/c6-4-9-3(1-2-12)11(8)5(7)10-4/h3,12H,1-2,8H2,(H4,6,7,9,10). The quantitative estimate of drug-likeness (QED) is 0.343. The molecule has 68 valence electrons. The lowest BCUT2D eigenvalue weighted by atomic mass is 10.3. The van der Waals surface area contributed by atoms with Crippen molar-refractivity contribution >= 4 is 11.9 Å². The summed E-state index contributed by atoms with van der Waals surface area (Å²) in [5.41, 5.74) is 10.7. The van der Waals surface area contributed by atoms with E-state index < -0.39 is 6.17 Å². The van der Waals surface area contributed by atoms with E-state index in [1.165, 1.54) is 5.01 Å². The van der Waals surface area contributed by atoms with Gasteiger partial charge in [-0.15, -0.1) is 0 Å². The third-order valence-corrected chi connectivity index (χ3v) is 1.48. The molecule has 0 aromatic heterocycles. The van der Waals surface area contributed by atoms with Gasteiger partial charge in [0, 0.05) is 13.0 Å². The van der Waals surface area contributed by atoms with Crippen molar-refractivity contribution in [2.24, 2.45) is 27.3 Å². The van der Waals surface area contributed by atoms with Gasteiger partial charge in [0.25, 0.3) is 0 Å². The first kappa shape index (κ1) is 8.75. The minimum atomic E-state index is -0.410. The lowest BCUT2D eigenvalue weighted by Gasteiger charge is -2.27. The Labute approximate surface area is 69.5 Å². The third kappa shape index (κ3) is 1.63. The number of nitrogens with zero attached hydrogens (tertiary/aromatic N) is 3. The molecule has 0 radical (unpaired) electrons. The van der Waals surface area contributed by atoms with Gasteiger partial charge in [-0.2, -0.15) is 4.99 Å². The summed E-state index contributed by atoms with van der Waals surface area (Å²) >= 11 is 0. The Bertz CT molecular complexity index is 224. The van der Waals surface area contributed by atoms with Crippen LogP contribution in [0.2, 0.25) is 0 Å². The van der Waals surface area contributed by atoms with E-state index in [0.717, 1.165) is 0 Å². The highest BCUT2D eigenvalue weighted by Crippen LogP contribution is 2.04. The fourth-order valence-electron chi connectivity index (χ4n) is 0.891. The van der Waals surface area contributed by atoms with Gasteiger partial charge in [-0.05, 0) is 0 Å². The van der Waals surface area contributed by atoms with Crippen molar-refractivity contribution in [3.05, 3.63) is 0 Å². The summed E-state index contributed by atoms with van der Waals surface area (Å²) in [5, 5.41) is 9.81. The van der Waals surface area contributed by atoms with Gasteiger partial charge >= 0.3 is 0 Å². The first-order valence-electron chi connectivity index (χ1n) is 3.47. The number of hydrazine groups is 1. The van der Waals surface area contributed by atoms with Crippen LogP contribution >= 0.6 is 0 Å². The highest BCUT2D eigenvalue weighted by atomic mass is 16.3. The summed E-state index contributed by atoms with van der Waals surface area (Å²) in [7, 11) is 0. The first-order chi connectivity index (χ1) is 5.65. The molecule has 7 heteroatoms. The van der Waals surface area contributed by atoms with Gasteiger partial charge in [0.05, 0.1) is 0 Å². The van der Waals surface area contributed by atoms with Gasteiger partial charge in [-0.1, -0.05) is 0 Å². The van der Waals surface area contributed by atoms with Crippen LogP contribution in [0.1, 0.15) is 6.42 Å². The molecule has 0 amide bonds. The number of hydrogen-bond acceptors (Lipinski definition) is 7. The molecule has 0 bridgehead atoms. The van der Waals surface area contributed by atoms with E-state index in [1.54, 1.807) is 0 Å². The van der Waals surface area contributed by atoms with E-state index in [1.807, 2.05) is 0 Å². The molecule has 0 saturated carbocycles. The molecular weight excluding hydrogens is 160 g/mol. The van der Waals surface area contributed by atoms with E-state index in [4.69, 9.17) is 22.4 Å². The summed E-state index contributed by atoms with van der Waals surface area (Å²) in [4.78, 5) is 7.51. The molecule has 1 aliphatic heterocycles. The highest BCUT2D eigenvalue weighted by molar-refractivity contribution is 5.94. The topological polar surface area (TPSA) is 126 Å². The molecule has 1 unspecified atom stereocenters. The summed E-state index contributed by atoms with van der Waals surface area (Å²) in [6, 6.07) is 0. The molecule has 0 saturated heterocycles. The largest absolute Gasteiger partial charge is 0.396 e. The van der Waals surface area contributed by atoms with Crippen LogP contribution in [0.15, 0.2) is 9.98 Å². The minimum Gasteiger partial charge on any atom is -0.396 e. The molecule has 1 aliphatic rings. The van der Waals surface area contributed by atoms with Gasteiger partial charge < -0.3 is 16.6 Å². The monoisotopic (exact) mass is 172 g/mol. The van der Waals surface area contributed by atoms with Crippen molar-refractivity contribution in [3.63, 3.8) is 0 Å². The Hall–Kier alpha value is -1.34. The predicted octanol–water partition coefficient (Wildman–Crippen LogP) is -2.49. The van der Waals surface area contributed by atoms with Crippen molar-refractivity contribution in [1.29, 1.82) is 0 Å². The zero-order chi connectivity index (χ0) is 9.14. The molecule has 0 spiro atoms. The van der Waals surface area contributed by atoms with Crippen LogP contribution in [-0.4, -0.2) is 34.8 Å². The van der Waals surface area contributed by atoms with E-state index in [9.17, 15) is 0 Å².